The molecule has 2 heterocycles. The van der Waals surface area contributed by atoms with E-state index in [1.54, 1.807) is 23.5 Å². The van der Waals surface area contributed by atoms with E-state index >= 15 is 0 Å². The van der Waals surface area contributed by atoms with E-state index < -0.39 is 0 Å². The molecule has 1 amide bonds. The highest BCUT2D eigenvalue weighted by Crippen LogP contribution is 2.27. The van der Waals surface area contributed by atoms with Crippen LogP contribution in [-0.2, 0) is 6.42 Å². The molecule has 1 unspecified atom stereocenters. The molecule has 4 rings (SSSR count). The molecular weight excluding hydrogens is 368 g/mol. The van der Waals surface area contributed by atoms with Crippen molar-refractivity contribution in [3.63, 3.8) is 0 Å². The maximum absolute atomic E-state index is 13.0. The summed E-state index contributed by atoms with van der Waals surface area (Å²) in [7, 11) is 0. The number of hydrogen-bond donors (Lipinski definition) is 2. The minimum absolute atomic E-state index is 0.260. The van der Waals surface area contributed by atoms with Crippen LogP contribution in [0.3, 0.4) is 0 Å². The van der Waals surface area contributed by atoms with Gasteiger partial charge in [-0.1, -0.05) is 55.5 Å². The first kappa shape index (κ1) is 18.2. The first-order valence-corrected chi connectivity index (χ1v) is 10.1. The van der Waals surface area contributed by atoms with E-state index in [4.69, 9.17) is 0 Å². The molecule has 140 valence electrons. The highest BCUT2D eigenvalue weighted by Gasteiger charge is 2.20. The topological polar surface area (TPSA) is 62.0 Å². The fourth-order valence-electron chi connectivity index (χ4n) is 3.26. The van der Waals surface area contributed by atoms with Crippen molar-refractivity contribution in [3.05, 3.63) is 104 Å². The maximum atomic E-state index is 13.0. The minimum atomic E-state index is -0.305. The number of nitrogens with one attached hydrogen (secondary N) is 2. The van der Waals surface area contributed by atoms with Gasteiger partial charge in [-0.15, -0.1) is 11.3 Å². The van der Waals surface area contributed by atoms with Crippen LogP contribution in [0.1, 0.15) is 39.5 Å². The molecule has 4 nitrogen and oxygen atoms in total. The summed E-state index contributed by atoms with van der Waals surface area (Å²) < 4.78 is 0. The van der Waals surface area contributed by atoms with Crippen molar-refractivity contribution < 1.29 is 4.79 Å². The number of aromatic amines is 1. The molecule has 2 aromatic carbocycles. The molecule has 0 fully saturated rings. The van der Waals surface area contributed by atoms with Crippen LogP contribution >= 0.6 is 11.3 Å². The van der Waals surface area contributed by atoms with Gasteiger partial charge in [0, 0.05) is 10.3 Å². The normalized spacial score (nSPS) is 12.0. The number of pyridine rings is 1. The summed E-state index contributed by atoms with van der Waals surface area (Å²) in [5.74, 6) is -0.305. The summed E-state index contributed by atoms with van der Waals surface area (Å²) in [6, 6.07) is 20.9. The van der Waals surface area contributed by atoms with Crippen molar-refractivity contribution in [1.82, 2.24) is 10.3 Å². The van der Waals surface area contributed by atoms with Gasteiger partial charge in [0.05, 0.1) is 6.04 Å². The molecule has 0 radical (unpaired) electrons. The Kier molecular flexibility index (Phi) is 5.08. The molecular formula is C23H20N2O2S. The van der Waals surface area contributed by atoms with E-state index in [0.29, 0.717) is 5.39 Å². The molecule has 2 N–H and O–H groups in total. The van der Waals surface area contributed by atoms with Crippen LogP contribution in [0.15, 0.2) is 76.9 Å². The molecule has 0 bridgehead atoms. The quantitative estimate of drug-likeness (QED) is 0.522. The van der Waals surface area contributed by atoms with Crippen LogP contribution in [0.5, 0.6) is 0 Å². The van der Waals surface area contributed by atoms with Gasteiger partial charge in [-0.2, -0.15) is 0 Å². The molecule has 1 atom stereocenters. The number of H-pyrrole nitrogens is 1. The van der Waals surface area contributed by atoms with E-state index in [1.807, 2.05) is 47.8 Å². The first-order chi connectivity index (χ1) is 13.7. The zero-order valence-corrected chi connectivity index (χ0v) is 16.3. The summed E-state index contributed by atoms with van der Waals surface area (Å²) in [5, 5.41) is 6.40. The zero-order chi connectivity index (χ0) is 19.5. The van der Waals surface area contributed by atoms with Gasteiger partial charge in [-0.05, 0) is 46.5 Å². The Morgan fingerprint density at radius 3 is 2.57 bits per heavy atom. The zero-order valence-electron chi connectivity index (χ0n) is 15.4. The average molecular weight is 388 g/mol. The number of aromatic nitrogens is 1. The number of benzene rings is 2. The summed E-state index contributed by atoms with van der Waals surface area (Å²) >= 11 is 1.59. The Morgan fingerprint density at radius 2 is 1.86 bits per heavy atom. The molecule has 0 aliphatic rings. The molecule has 0 aliphatic carbocycles. The van der Waals surface area contributed by atoms with E-state index in [2.05, 4.69) is 29.4 Å². The molecule has 2 aromatic heterocycles. The molecule has 0 saturated heterocycles. The van der Waals surface area contributed by atoms with Gasteiger partial charge in [0.15, 0.2) is 0 Å². The molecule has 0 saturated carbocycles. The smallest absolute Gasteiger partial charge is 0.268 e. The molecule has 5 heteroatoms. The van der Waals surface area contributed by atoms with Gasteiger partial charge in [0.25, 0.3) is 11.5 Å². The lowest BCUT2D eigenvalue weighted by Crippen LogP contribution is -2.30. The summed E-state index contributed by atoms with van der Waals surface area (Å²) in [5.41, 5.74) is 2.26. The Morgan fingerprint density at radius 1 is 1.07 bits per heavy atom. The monoisotopic (exact) mass is 388 g/mol. The van der Waals surface area contributed by atoms with Gasteiger partial charge in [0.1, 0.15) is 5.69 Å². The summed E-state index contributed by atoms with van der Waals surface area (Å²) in [6.07, 6.45) is 0.967. The number of carbonyl (C=O) groups excluding carboxylic acids is 1. The van der Waals surface area contributed by atoms with Crippen molar-refractivity contribution >= 4 is 28.0 Å². The average Bonchev–Trinajstić information content (AvgIpc) is 3.26. The fraction of sp³-hybridized carbons (Fsp3) is 0.130. The lowest BCUT2D eigenvalue weighted by atomic mass is 10.0. The lowest BCUT2D eigenvalue weighted by Gasteiger charge is -2.18. The number of rotatable bonds is 5. The van der Waals surface area contributed by atoms with Gasteiger partial charge in [0.2, 0.25) is 0 Å². The van der Waals surface area contributed by atoms with Gasteiger partial charge in [-0.25, -0.2) is 0 Å². The van der Waals surface area contributed by atoms with Crippen molar-refractivity contribution in [3.8, 4) is 0 Å². The van der Waals surface area contributed by atoms with Crippen LogP contribution < -0.4 is 10.9 Å². The third kappa shape index (κ3) is 3.62. The number of amides is 1. The summed E-state index contributed by atoms with van der Waals surface area (Å²) in [4.78, 5) is 29.0. The van der Waals surface area contributed by atoms with E-state index in [1.165, 1.54) is 5.56 Å². The number of thiophene rings is 1. The van der Waals surface area contributed by atoms with Crippen molar-refractivity contribution in [2.45, 2.75) is 19.4 Å². The van der Waals surface area contributed by atoms with E-state index in [-0.39, 0.29) is 23.2 Å². The van der Waals surface area contributed by atoms with Crippen molar-refractivity contribution in [2.75, 3.05) is 0 Å². The predicted octanol–water partition coefficient (Wildman–Crippen LogP) is 4.67. The minimum Gasteiger partial charge on any atom is -0.339 e. The number of carbonyl (C=O) groups is 1. The van der Waals surface area contributed by atoms with Gasteiger partial charge in [-0.3, -0.25) is 9.59 Å². The SMILES string of the molecule is CCc1ccc(C(NC(=O)c2cc3ccccc3c(=O)[nH]2)c2cccs2)cc1. The fourth-order valence-corrected chi connectivity index (χ4v) is 4.06. The highest BCUT2D eigenvalue weighted by atomic mass is 32.1. The van der Waals surface area contributed by atoms with E-state index in [0.717, 1.165) is 22.2 Å². The second kappa shape index (κ2) is 7.82. The number of fused-ring (bicyclic) bond motifs is 1. The lowest BCUT2D eigenvalue weighted by molar-refractivity contribution is 0.0938. The Bertz CT molecular complexity index is 1160. The maximum Gasteiger partial charge on any atom is 0.268 e. The second-order valence-corrected chi connectivity index (χ2v) is 7.60. The summed E-state index contributed by atoms with van der Waals surface area (Å²) in [6.45, 7) is 2.11. The Hall–Kier alpha value is -3.18. The highest BCUT2D eigenvalue weighted by molar-refractivity contribution is 7.10. The van der Waals surface area contributed by atoms with Gasteiger partial charge >= 0.3 is 0 Å². The van der Waals surface area contributed by atoms with E-state index in [9.17, 15) is 9.59 Å². The van der Waals surface area contributed by atoms with Crippen LogP contribution in [0.2, 0.25) is 0 Å². The Labute approximate surface area is 166 Å². The number of hydrogen-bond acceptors (Lipinski definition) is 3. The third-order valence-electron chi connectivity index (χ3n) is 4.82. The van der Waals surface area contributed by atoms with Crippen LogP contribution in [0.4, 0.5) is 0 Å². The van der Waals surface area contributed by atoms with Gasteiger partial charge < -0.3 is 10.3 Å². The molecule has 0 aliphatic heterocycles. The standard InChI is InChI=1S/C23H20N2O2S/c1-2-15-9-11-16(12-10-15)21(20-8-5-13-28-20)25-23(27)19-14-17-6-3-4-7-18(17)22(26)24-19/h3-14,21H,2H2,1H3,(H,24,26)(H,25,27). The first-order valence-electron chi connectivity index (χ1n) is 9.21. The second-order valence-electron chi connectivity index (χ2n) is 6.62. The number of aryl methyl sites for hydroxylation is 1. The largest absolute Gasteiger partial charge is 0.339 e. The van der Waals surface area contributed by atoms with Crippen LogP contribution in [0, 0.1) is 0 Å². The van der Waals surface area contributed by atoms with Crippen molar-refractivity contribution in [2.24, 2.45) is 0 Å². The molecule has 0 spiro atoms. The van der Waals surface area contributed by atoms with Crippen LogP contribution in [-0.4, -0.2) is 10.9 Å². The molecule has 4 aromatic rings. The Balaban J connectivity index is 1.68. The van der Waals surface area contributed by atoms with Crippen molar-refractivity contribution in [1.29, 1.82) is 0 Å². The van der Waals surface area contributed by atoms with Crippen LogP contribution in [0.25, 0.3) is 10.8 Å². The molecule has 28 heavy (non-hydrogen) atoms. The predicted molar refractivity (Wildman–Crippen MR) is 114 cm³/mol. The third-order valence-corrected chi connectivity index (χ3v) is 5.76.